The minimum Gasteiger partial charge on any atom is -0.480 e. The number of fused-ring (bicyclic) bond motifs is 1. The monoisotopic (exact) mass is 353 g/mol. The maximum absolute atomic E-state index is 11.8. The van der Waals surface area contributed by atoms with Gasteiger partial charge in [-0.2, -0.15) is 0 Å². The number of hydrogen-bond donors (Lipinski definition) is 1. The third kappa shape index (κ3) is 5.44. The van der Waals surface area contributed by atoms with Gasteiger partial charge in [0.25, 0.3) is 0 Å². The Hall–Kier alpha value is -2.12. The van der Waals surface area contributed by atoms with E-state index in [0.29, 0.717) is 24.2 Å². The van der Waals surface area contributed by atoms with Crippen LogP contribution in [0.2, 0.25) is 0 Å². The van der Waals surface area contributed by atoms with E-state index in [4.69, 9.17) is 4.74 Å². The summed E-state index contributed by atoms with van der Waals surface area (Å²) in [7, 11) is 0. The van der Waals surface area contributed by atoms with Crippen LogP contribution in [0.4, 0.5) is 0 Å². The molecule has 1 amide bonds. The molecule has 2 aromatic carbocycles. The maximum atomic E-state index is 11.8. The van der Waals surface area contributed by atoms with Crippen molar-refractivity contribution in [2.75, 3.05) is 18.9 Å². The van der Waals surface area contributed by atoms with E-state index in [9.17, 15) is 4.79 Å². The van der Waals surface area contributed by atoms with Crippen LogP contribution in [0.3, 0.4) is 0 Å². The van der Waals surface area contributed by atoms with Crippen LogP contribution in [0, 0.1) is 11.8 Å². The fourth-order valence-electron chi connectivity index (χ4n) is 2.99. The van der Waals surface area contributed by atoms with Crippen molar-refractivity contribution in [1.82, 2.24) is 5.32 Å². The average Bonchev–Trinajstić information content (AvgIpc) is 3.16. The van der Waals surface area contributed by atoms with E-state index < -0.39 is 0 Å². The molecule has 1 saturated carbocycles. The number of carbonyl (C=O) groups is 1. The highest BCUT2D eigenvalue weighted by molar-refractivity contribution is 8.00. The lowest BCUT2D eigenvalue weighted by Crippen LogP contribution is -2.26. The Labute approximate surface area is 153 Å². The number of carbonyl (C=O) groups excluding carboxylic acids is 1. The molecule has 130 valence electrons. The summed E-state index contributed by atoms with van der Waals surface area (Å²) in [5.74, 6) is 7.35. The molecule has 0 atom stereocenters. The van der Waals surface area contributed by atoms with E-state index in [1.807, 2.05) is 30.3 Å². The zero-order valence-electron chi connectivity index (χ0n) is 14.3. The lowest BCUT2D eigenvalue weighted by Gasteiger charge is -2.07. The molecule has 0 unspecified atom stereocenters. The smallest absolute Gasteiger partial charge is 0.230 e. The molecule has 3 rings (SSSR count). The summed E-state index contributed by atoms with van der Waals surface area (Å²) in [6.45, 7) is 0.698. The van der Waals surface area contributed by atoms with Crippen molar-refractivity contribution in [3.05, 3.63) is 42.5 Å². The van der Waals surface area contributed by atoms with Gasteiger partial charge in [-0.05, 0) is 24.3 Å². The van der Waals surface area contributed by atoms with Crippen LogP contribution in [-0.2, 0) is 4.79 Å². The fourth-order valence-corrected chi connectivity index (χ4v) is 4.15. The molecule has 0 heterocycles. The second kappa shape index (κ2) is 9.39. The molecule has 1 fully saturated rings. The molecule has 0 saturated heterocycles. The minimum atomic E-state index is 0.0705. The summed E-state index contributed by atoms with van der Waals surface area (Å²) in [5.41, 5.74) is 0. The molecule has 4 heteroatoms. The van der Waals surface area contributed by atoms with Gasteiger partial charge in [0.05, 0.1) is 12.3 Å². The minimum absolute atomic E-state index is 0.0705. The third-order valence-corrected chi connectivity index (χ3v) is 5.67. The highest BCUT2D eigenvalue weighted by Crippen LogP contribution is 2.29. The number of rotatable bonds is 6. The number of thioether (sulfide) groups is 1. The van der Waals surface area contributed by atoms with Crippen molar-refractivity contribution in [3.8, 4) is 17.6 Å². The van der Waals surface area contributed by atoms with Gasteiger partial charge in [-0.1, -0.05) is 61.1 Å². The summed E-state index contributed by atoms with van der Waals surface area (Å²) >= 11 is 1.77. The number of ether oxygens (including phenoxy) is 1. The van der Waals surface area contributed by atoms with E-state index in [1.54, 1.807) is 11.8 Å². The van der Waals surface area contributed by atoms with Crippen LogP contribution in [0.5, 0.6) is 5.75 Å². The van der Waals surface area contributed by atoms with Gasteiger partial charge in [-0.25, -0.2) is 0 Å². The summed E-state index contributed by atoms with van der Waals surface area (Å²) < 4.78 is 5.75. The Morgan fingerprint density at radius 1 is 1.12 bits per heavy atom. The highest BCUT2D eigenvalue weighted by Gasteiger charge is 2.16. The molecule has 25 heavy (non-hydrogen) atoms. The van der Waals surface area contributed by atoms with Gasteiger partial charge in [-0.15, -0.1) is 11.8 Å². The Bertz CT molecular complexity index is 767. The van der Waals surface area contributed by atoms with Crippen LogP contribution in [0.15, 0.2) is 42.5 Å². The van der Waals surface area contributed by atoms with Crippen LogP contribution >= 0.6 is 11.8 Å². The van der Waals surface area contributed by atoms with Crippen LogP contribution in [0.25, 0.3) is 10.8 Å². The van der Waals surface area contributed by atoms with Gasteiger partial charge in [0, 0.05) is 10.6 Å². The third-order valence-electron chi connectivity index (χ3n) is 4.30. The maximum Gasteiger partial charge on any atom is 0.230 e. The molecule has 0 aliphatic heterocycles. The van der Waals surface area contributed by atoms with Crippen molar-refractivity contribution in [3.63, 3.8) is 0 Å². The van der Waals surface area contributed by atoms with Gasteiger partial charge >= 0.3 is 0 Å². The first-order chi connectivity index (χ1) is 12.3. The van der Waals surface area contributed by atoms with Crippen LogP contribution in [-0.4, -0.2) is 30.1 Å². The first kappa shape index (κ1) is 17.7. The van der Waals surface area contributed by atoms with Crippen LogP contribution < -0.4 is 10.1 Å². The number of amides is 1. The molecule has 0 radical (unpaired) electrons. The predicted molar refractivity (Wildman–Crippen MR) is 105 cm³/mol. The largest absolute Gasteiger partial charge is 0.480 e. The van der Waals surface area contributed by atoms with Gasteiger partial charge < -0.3 is 10.1 Å². The molecular weight excluding hydrogens is 330 g/mol. The van der Waals surface area contributed by atoms with Crippen molar-refractivity contribution in [2.45, 2.75) is 30.9 Å². The van der Waals surface area contributed by atoms with Crippen molar-refractivity contribution < 1.29 is 9.53 Å². The predicted octanol–water partition coefficient (Wildman–Crippen LogP) is 4.01. The number of benzene rings is 2. The lowest BCUT2D eigenvalue weighted by atomic mass is 10.1. The quantitative estimate of drug-likeness (QED) is 0.798. The molecule has 0 spiro atoms. The van der Waals surface area contributed by atoms with Gasteiger partial charge in [0.1, 0.15) is 12.4 Å². The fraction of sp³-hybridized carbons (Fsp3) is 0.381. The van der Waals surface area contributed by atoms with Gasteiger partial charge in [-0.3, -0.25) is 4.79 Å². The Balaban J connectivity index is 1.37. The summed E-state index contributed by atoms with van der Waals surface area (Å²) in [6.07, 6.45) is 5.12. The van der Waals surface area contributed by atoms with Gasteiger partial charge in [0.2, 0.25) is 5.91 Å². The molecule has 1 N–H and O–H groups in total. The first-order valence-corrected chi connectivity index (χ1v) is 9.82. The Morgan fingerprint density at radius 2 is 1.92 bits per heavy atom. The Kier molecular flexibility index (Phi) is 6.64. The number of hydrogen-bond acceptors (Lipinski definition) is 3. The molecular formula is C21H23NO2S. The topological polar surface area (TPSA) is 38.3 Å². The van der Waals surface area contributed by atoms with Crippen molar-refractivity contribution >= 4 is 28.4 Å². The zero-order chi connectivity index (χ0) is 17.3. The molecule has 2 aromatic rings. The normalized spacial score (nSPS) is 14.1. The zero-order valence-corrected chi connectivity index (χ0v) is 15.1. The van der Waals surface area contributed by atoms with E-state index in [-0.39, 0.29) is 5.91 Å². The molecule has 0 aromatic heterocycles. The van der Waals surface area contributed by atoms with Crippen LogP contribution in [0.1, 0.15) is 25.7 Å². The van der Waals surface area contributed by atoms with Crippen molar-refractivity contribution in [1.29, 1.82) is 0 Å². The Morgan fingerprint density at radius 3 is 2.80 bits per heavy atom. The molecule has 1 aliphatic rings. The van der Waals surface area contributed by atoms with E-state index >= 15 is 0 Å². The molecule has 3 nitrogen and oxygen atoms in total. The van der Waals surface area contributed by atoms with Crippen molar-refractivity contribution in [2.24, 2.45) is 0 Å². The average molecular weight is 353 g/mol. The molecule has 1 aliphatic carbocycles. The number of nitrogens with one attached hydrogen (secondary N) is 1. The van der Waals surface area contributed by atoms with Gasteiger partial charge in [0.15, 0.2) is 0 Å². The molecule has 0 bridgehead atoms. The SMILES string of the molecule is O=C(CSC1CCCC1)NCC#CCOc1cccc2ccccc12. The summed E-state index contributed by atoms with van der Waals surface area (Å²) in [6, 6.07) is 14.1. The van der Waals surface area contributed by atoms with E-state index in [1.165, 1.54) is 25.7 Å². The van der Waals surface area contributed by atoms with E-state index in [0.717, 1.165) is 16.5 Å². The standard InChI is InChI=1S/C21H23NO2S/c23-21(16-25-18-10-2-3-11-18)22-14-5-6-15-24-20-13-7-9-17-8-1-4-12-19(17)20/h1,4,7-9,12-13,18H,2-3,10-11,14-16H2,(H,22,23). The highest BCUT2D eigenvalue weighted by atomic mass is 32.2. The second-order valence-electron chi connectivity index (χ2n) is 6.11. The van der Waals surface area contributed by atoms with E-state index in [2.05, 4.69) is 29.3 Å². The summed E-state index contributed by atoms with van der Waals surface area (Å²) in [4.78, 5) is 11.8. The first-order valence-electron chi connectivity index (χ1n) is 8.77. The lowest BCUT2D eigenvalue weighted by molar-refractivity contribution is -0.118. The second-order valence-corrected chi connectivity index (χ2v) is 7.40. The summed E-state index contributed by atoms with van der Waals surface area (Å²) in [5, 5.41) is 5.76.